The summed E-state index contributed by atoms with van der Waals surface area (Å²) in [5.41, 5.74) is -0.697. The molecule has 1 aromatic heterocycles. The summed E-state index contributed by atoms with van der Waals surface area (Å²) in [6.45, 7) is 0. The zero-order chi connectivity index (χ0) is 15.4. The minimum atomic E-state index is -1.33. The summed E-state index contributed by atoms with van der Waals surface area (Å²) < 4.78 is 19.3. The van der Waals surface area contributed by atoms with Crippen LogP contribution in [0, 0.1) is 5.82 Å². The fourth-order valence-corrected chi connectivity index (χ4v) is 1.89. The molecule has 0 saturated carbocycles. The molecule has 0 aliphatic carbocycles. The van der Waals surface area contributed by atoms with Crippen LogP contribution in [0.3, 0.4) is 0 Å². The molecule has 0 atom stereocenters. The number of halogens is 2. The molecular formula is C14H9BrFNO4. The molecule has 7 heteroatoms. The van der Waals surface area contributed by atoms with Crippen LogP contribution in [-0.2, 0) is 4.79 Å². The number of nitrogens with one attached hydrogen (secondary N) is 1. The van der Waals surface area contributed by atoms with Crippen LogP contribution in [0.15, 0.2) is 45.5 Å². The molecule has 0 bridgehead atoms. The predicted molar refractivity (Wildman–Crippen MR) is 77.4 cm³/mol. The quantitative estimate of drug-likeness (QED) is 0.824. The zero-order valence-electron chi connectivity index (χ0n) is 10.5. The number of carbonyl (C=O) groups excluding carboxylic acids is 1. The number of hydrogen-bond donors (Lipinski definition) is 2. The van der Waals surface area contributed by atoms with Gasteiger partial charge in [0.2, 0.25) is 5.91 Å². The summed E-state index contributed by atoms with van der Waals surface area (Å²) >= 11 is 3.11. The molecule has 0 fully saturated rings. The van der Waals surface area contributed by atoms with Crippen molar-refractivity contribution in [2.24, 2.45) is 0 Å². The Morgan fingerprint density at radius 2 is 2.05 bits per heavy atom. The van der Waals surface area contributed by atoms with E-state index in [-0.39, 0.29) is 11.3 Å². The molecule has 1 aromatic carbocycles. The van der Waals surface area contributed by atoms with E-state index in [4.69, 9.17) is 9.52 Å². The monoisotopic (exact) mass is 353 g/mol. The van der Waals surface area contributed by atoms with Crippen molar-refractivity contribution in [3.63, 3.8) is 0 Å². The molecule has 0 saturated heterocycles. The van der Waals surface area contributed by atoms with E-state index in [0.29, 0.717) is 10.4 Å². The smallest absolute Gasteiger partial charge is 0.337 e. The summed E-state index contributed by atoms with van der Waals surface area (Å²) in [7, 11) is 0. The van der Waals surface area contributed by atoms with Crippen molar-refractivity contribution in [1.29, 1.82) is 0 Å². The Bertz CT molecular complexity index is 724. The van der Waals surface area contributed by atoms with Gasteiger partial charge >= 0.3 is 5.97 Å². The summed E-state index contributed by atoms with van der Waals surface area (Å²) in [5.74, 6) is -2.40. The van der Waals surface area contributed by atoms with Gasteiger partial charge in [0.25, 0.3) is 0 Å². The number of furan rings is 1. The Morgan fingerprint density at radius 1 is 1.29 bits per heavy atom. The summed E-state index contributed by atoms with van der Waals surface area (Å²) in [6.07, 6.45) is 2.49. The Morgan fingerprint density at radius 3 is 2.67 bits per heavy atom. The van der Waals surface area contributed by atoms with Crippen LogP contribution in [0.1, 0.15) is 16.1 Å². The van der Waals surface area contributed by atoms with E-state index < -0.39 is 17.7 Å². The van der Waals surface area contributed by atoms with Crippen molar-refractivity contribution in [2.75, 3.05) is 5.32 Å². The van der Waals surface area contributed by atoms with Crippen molar-refractivity contribution < 1.29 is 23.5 Å². The first kappa shape index (κ1) is 15.0. The molecule has 1 amide bonds. The second kappa shape index (κ2) is 6.36. The van der Waals surface area contributed by atoms with E-state index in [1.807, 2.05) is 0 Å². The van der Waals surface area contributed by atoms with Crippen LogP contribution in [0.2, 0.25) is 0 Å². The number of carboxylic acid groups (broad SMARTS) is 1. The predicted octanol–water partition coefficient (Wildman–Crippen LogP) is 3.53. The molecule has 0 aliphatic heterocycles. The van der Waals surface area contributed by atoms with E-state index in [1.165, 1.54) is 18.2 Å². The fraction of sp³-hybridized carbons (Fsp3) is 0. The second-order valence-electron chi connectivity index (χ2n) is 3.93. The van der Waals surface area contributed by atoms with E-state index in [1.54, 1.807) is 12.1 Å². The van der Waals surface area contributed by atoms with Gasteiger partial charge in [-0.05, 0) is 46.3 Å². The standard InChI is InChI=1S/C14H9BrFNO4/c15-11-6-4-8(21-11)5-7-12(18)17-13-9(14(19)20)2-1-3-10(13)16/h1-7H,(H,17,18)(H,19,20)/b7-5+. The van der Waals surface area contributed by atoms with Crippen molar-refractivity contribution in [1.82, 2.24) is 0 Å². The lowest BCUT2D eigenvalue weighted by atomic mass is 10.1. The number of amides is 1. The lowest BCUT2D eigenvalue weighted by Crippen LogP contribution is -2.13. The molecule has 0 radical (unpaired) electrons. The van der Waals surface area contributed by atoms with Crippen molar-refractivity contribution in [3.05, 3.63) is 58.2 Å². The summed E-state index contributed by atoms with van der Waals surface area (Å²) in [4.78, 5) is 22.7. The number of carbonyl (C=O) groups is 2. The van der Waals surface area contributed by atoms with Gasteiger partial charge in [-0.15, -0.1) is 0 Å². The maximum atomic E-state index is 13.6. The largest absolute Gasteiger partial charge is 0.478 e. The summed E-state index contributed by atoms with van der Waals surface area (Å²) in [6, 6.07) is 6.80. The number of aromatic carboxylic acids is 1. The van der Waals surface area contributed by atoms with E-state index in [2.05, 4.69) is 21.2 Å². The van der Waals surface area contributed by atoms with Crippen LogP contribution in [0.5, 0.6) is 0 Å². The topological polar surface area (TPSA) is 79.5 Å². The average molecular weight is 354 g/mol. The maximum absolute atomic E-state index is 13.6. The molecule has 2 aromatic rings. The van der Waals surface area contributed by atoms with Gasteiger partial charge in [-0.2, -0.15) is 0 Å². The van der Waals surface area contributed by atoms with Crippen molar-refractivity contribution >= 4 is 39.6 Å². The number of carboxylic acids is 1. The highest BCUT2D eigenvalue weighted by atomic mass is 79.9. The molecular weight excluding hydrogens is 345 g/mol. The van der Waals surface area contributed by atoms with Crippen molar-refractivity contribution in [2.45, 2.75) is 0 Å². The van der Waals surface area contributed by atoms with E-state index in [9.17, 15) is 14.0 Å². The molecule has 0 spiro atoms. The van der Waals surface area contributed by atoms with Crippen LogP contribution in [0.25, 0.3) is 6.08 Å². The number of hydrogen-bond acceptors (Lipinski definition) is 3. The number of anilines is 1. The van der Waals surface area contributed by atoms with Gasteiger partial charge in [-0.3, -0.25) is 4.79 Å². The third-order valence-electron chi connectivity index (χ3n) is 2.49. The highest BCUT2D eigenvalue weighted by Gasteiger charge is 2.15. The van der Waals surface area contributed by atoms with Gasteiger partial charge in [0.15, 0.2) is 4.67 Å². The maximum Gasteiger partial charge on any atom is 0.337 e. The Kier molecular flexibility index (Phi) is 4.54. The number of para-hydroxylation sites is 1. The lowest BCUT2D eigenvalue weighted by molar-refractivity contribution is -0.111. The third kappa shape index (κ3) is 3.79. The molecule has 0 aliphatic rings. The first-order chi connectivity index (χ1) is 9.97. The van der Waals surface area contributed by atoms with Gasteiger partial charge in [-0.1, -0.05) is 6.07 Å². The molecule has 2 N–H and O–H groups in total. The zero-order valence-corrected chi connectivity index (χ0v) is 12.1. The van der Waals surface area contributed by atoms with Gasteiger partial charge in [-0.25, -0.2) is 9.18 Å². The Labute approximate surface area is 127 Å². The Balaban J connectivity index is 2.16. The Hall–Kier alpha value is -2.41. The van der Waals surface area contributed by atoms with Crippen LogP contribution < -0.4 is 5.32 Å². The van der Waals surface area contributed by atoms with Gasteiger partial charge in [0.05, 0.1) is 11.3 Å². The van der Waals surface area contributed by atoms with Crippen LogP contribution >= 0.6 is 15.9 Å². The van der Waals surface area contributed by atoms with Crippen molar-refractivity contribution in [3.8, 4) is 0 Å². The first-order valence-electron chi connectivity index (χ1n) is 5.73. The number of benzene rings is 1. The lowest BCUT2D eigenvalue weighted by Gasteiger charge is -2.07. The van der Waals surface area contributed by atoms with Gasteiger partial charge in [0.1, 0.15) is 11.6 Å². The molecule has 5 nitrogen and oxygen atoms in total. The second-order valence-corrected chi connectivity index (χ2v) is 4.71. The SMILES string of the molecule is O=C(/C=C/c1ccc(Br)o1)Nc1c(F)cccc1C(=O)O. The molecule has 21 heavy (non-hydrogen) atoms. The summed E-state index contributed by atoms with van der Waals surface area (Å²) in [5, 5.41) is 11.2. The van der Waals surface area contributed by atoms with Gasteiger partial charge < -0.3 is 14.8 Å². The van der Waals surface area contributed by atoms with Gasteiger partial charge in [0, 0.05) is 6.08 Å². The minimum Gasteiger partial charge on any atom is -0.478 e. The molecule has 1 heterocycles. The third-order valence-corrected chi connectivity index (χ3v) is 2.91. The minimum absolute atomic E-state index is 0.322. The average Bonchev–Trinajstić information content (AvgIpc) is 2.84. The van der Waals surface area contributed by atoms with E-state index >= 15 is 0 Å². The highest BCUT2D eigenvalue weighted by molar-refractivity contribution is 9.10. The first-order valence-corrected chi connectivity index (χ1v) is 6.53. The molecule has 108 valence electrons. The highest BCUT2D eigenvalue weighted by Crippen LogP contribution is 2.20. The van der Waals surface area contributed by atoms with Crippen LogP contribution in [0.4, 0.5) is 10.1 Å². The fourth-order valence-electron chi connectivity index (χ4n) is 1.57. The molecule has 0 unspecified atom stereocenters. The van der Waals surface area contributed by atoms with Crippen LogP contribution in [-0.4, -0.2) is 17.0 Å². The number of rotatable bonds is 4. The molecule has 2 rings (SSSR count). The van der Waals surface area contributed by atoms with E-state index in [0.717, 1.165) is 12.1 Å². The normalized spacial score (nSPS) is 10.8.